The molecule has 1 N–H and O–H groups in total. The van der Waals surface area contributed by atoms with Crippen molar-refractivity contribution in [3.8, 4) is 17.3 Å². The van der Waals surface area contributed by atoms with Gasteiger partial charge in [-0.05, 0) is 66.3 Å². The maximum atomic E-state index is 12.8. The van der Waals surface area contributed by atoms with E-state index in [0.29, 0.717) is 40.7 Å². The smallest absolute Gasteiger partial charge is 0.259 e. The lowest BCUT2D eigenvalue weighted by atomic mass is 10.0. The van der Waals surface area contributed by atoms with Crippen molar-refractivity contribution in [2.45, 2.75) is 19.8 Å². The van der Waals surface area contributed by atoms with Gasteiger partial charge in [-0.2, -0.15) is 0 Å². The molecule has 1 aliphatic rings. The van der Waals surface area contributed by atoms with E-state index in [1.165, 1.54) is 0 Å². The zero-order chi connectivity index (χ0) is 19.8. The number of rotatable bonds is 4. The summed E-state index contributed by atoms with van der Waals surface area (Å²) in [4.78, 5) is 24.9. The minimum atomic E-state index is -0.183. The third-order valence-corrected chi connectivity index (χ3v) is 6.25. The molecule has 5 rings (SSSR count). The second-order valence-corrected chi connectivity index (χ2v) is 8.39. The van der Waals surface area contributed by atoms with E-state index in [1.807, 2.05) is 36.7 Å². The number of nitrogens with one attached hydrogen (secondary N) is 1. The van der Waals surface area contributed by atoms with Crippen molar-refractivity contribution in [1.29, 1.82) is 0 Å². The molecule has 0 amide bonds. The van der Waals surface area contributed by atoms with Crippen molar-refractivity contribution in [1.82, 2.24) is 15.0 Å². The first-order valence-corrected chi connectivity index (χ1v) is 10.6. The summed E-state index contributed by atoms with van der Waals surface area (Å²) in [7, 11) is 0. The minimum absolute atomic E-state index is 0.183. The summed E-state index contributed by atoms with van der Waals surface area (Å²) >= 11 is 1.64. The summed E-state index contributed by atoms with van der Waals surface area (Å²) in [6, 6.07) is 7.73. The average Bonchev–Trinajstić information content (AvgIpc) is 3.21. The highest BCUT2D eigenvalue weighted by atomic mass is 32.1. The first-order valence-electron chi connectivity index (χ1n) is 9.76. The predicted octanol–water partition coefficient (Wildman–Crippen LogP) is 4.31. The minimum Gasteiger partial charge on any atom is -0.493 e. The average molecular weight is 407 g/mol. The van der Waals surface area contributed by atoms with E-state index < -0.39 is 0 Å². The number of nitrogens with zero attached hydrogens (tertiary/aromatic N) is 2. The topological polar surface area (TPSA) is 77.1 Å². The van der Waals surface area contributed by atoms with Crippen molar-refractivity contribution in [3.63, 3.8) is 0 Å². The first-order chi connectivity index (χ1) is 14.2. The highest BCUT2D eigenvalue weighted by molar-refractivity contribution is 7.17. The number of fused-ring (bicyclic) bond motifs is 2. The van der Waals surface area contributed by atoms with Gasteiger partial charge in [-0.1, -0.05) is 0 Å². The van der Waals surface area contributed by atoms with Gasteiger partial charge in [-0.3, -0.25) is 9.78 Å². The van der Waals surface area contributed by atoms with Crippen LogP contribution < -0.4 is 10.3 Å². The summed E-state index contributed by atoms with van der Waals surface area (Å²) in [6.07, 6.45) is 3.85. The van der Waals surface area contributed by atoms with Gasteiger partial charge >= 0.3 is 0 Å². The van der Waals surface area contributed by atoms with Gasteiger partial charge in [-0.25, -0.2) is 4.98 Å². The molecule has 0 bridgehead atoms. The fraction of sp³-hybridized carbons (Fsp3) is 0.318. The van der Waals surface area contributed by atoms with Crippen LogP contribution in [0.1, 0.15) is 18.4 Å². The van der Waals surface area contributed by atoms with Crippen LogP contribution in [0, 0.1) is 12.8 Å². The Labute approximate surface area is 171 Å². The zero-order valence-electron chi connectivity index (χ0n) is 16.1. The number of hydrogen-bond donors (Lipinski definition) is 1. The molecular weight excluding hydrogens is 386 g/mol. The van der Waals surface area contributed by atoms with Crippen molar-refractivity contribution in [3.05, 3.63) is 51.8 Å². The molecule has 1 saturated heterocycles. The predicted molar refractivity (Wildman–Crippen MR) is 115 cm³/mol. The molecule has 0 aliphatic carbocycles. The van der Waals surface area contributed by atoms with Crippen LogP contribution in [0.2, 0.25) is 0 Å². The maximum Gasteiger partial charge on any atom is 0.259 e. The van der Waals surface area contributed by atoms with Crippen molar-refractivity contribution < 1.29 is 9.47 Å². The molecule has 0 spiro atoms. The number of ether oxygens (including phenoxy) is 2. The molecule has 6 nitrogen and oxygen atoms in total. The maximum absolute atomic E-state index is 12.8. The lowest BCUT2D eigenvalue weighted by molar-refractivity contribution is 0.0498. The van der Waals surface area contributed by atoms with E-state index in [-0.39, 0.29) is 5.56 Å². The Morgan fingerprint density at radius 1 is 1.28 bits per heavy atom. The third kappa shape index (κ3) is 3.63. The fourth-order valence-electron chi connectivity index (χ4n) is 3.71. The van der Waals surface area contributed by atoms with E-state index in [2.05, 4.69) is 9.97 Å². The van der Waals surface area contributed by atoms with Crippen LogP contribution in [-0.2, 0) is 4.74 Å². The lowest BCUT2D eigenvalue weighted by Gasteiger charge is -2.22. The van der Waals surface area contributed by atoms with Crippen LogP contribution in [0.3, 0.4) is 0 Å². The highest BCUT2D eigenvalue weighted by Crippen LogP contribution is 2.26. The Hall–Kier alpha value is -2.77. The van der Waals surface area contributed by atoms with Gasteiger partial charge in [0, 0.05) is 19.4 Å². The third-order valence-electron chi connectivity index (χ3n) is 5.38. The van der Waals surface area contributed by atoms with Crippen LogP contribution in [0.15, 0.2) is 40.6 Å². The van der Waals surface area contributed by atoms with Gasteiger partial charge < -0.3 is 14.5 Å². The second kappa shape index (κ2) is 7.57. The molecule has 4 aromatic rings. The van der Waals surface area contributed by atoms with E-state index in [9.17, 15) is 4.79 Å². The largest absolute Gasteiger partial charge is 0.493 e. The van der Waals surface area contributed by atoms with Crippen LogP contribution in [0.25, 0.3) is 32.5 Å². The van der Waals surface area contributed by atoms with Gasteiger partial charge in [0.25, 0.3) is 5.56 Å². The van der Waals surface area contributed by atoms with Crippen LogP contribution in [0.5, 0.6) is 5.75 Å². The molecule has 1 aliphatic heterocycles. The Bertz CT molecular complexity index is 1240. The molecule has 148 valence electrons. The molecule has 4 heterocycles. The molecule has 0 unspecified atom stereocenters. The molecular formula is C22H21N3O3S. The van der Waals surface area contributed by atoms with E-state index in [4.69, 9.17) is 14.5 Å². The number of aryl methyl sites for hydroxylation is 1. The quantitative estimate of drug-likeness (QED) is 0.545. The Kier molecular flexibility index (Phi) is 4.77. The first kappa shape index (κ1) is 18.3. The summed E-state index contributed by atoms with van der Waals surface area (Å²) in [5.74, 6) is 1.69. The molecule has 0 saturated carbocycles. The van der Waals surface area contributed by atoms with Crippen LogP contribution in [-0.4, -0.2) is 34.8 Å². The van der Waals surface area contributed by atoms with E-state index in [1.54, 1.807) is 17.4 Å². The SMILES string of the molecule is Cc1cc(OCC2CCOCC2)cc2c(=O)[nH]c(-c3cc4ccsc4cn3)nc12. The number of pyridine rings is 1. The molecule has 7 heteroatoms. The normalized spacial score (nSPS) is 15.2. The number of thiophene rings is 1. The van der Waals surface area contributed by atoms with Gasteiger partial charge in [0.15, 0.2) is 5.82 Å². The van der Waals surface area contributed by atoms with Crippen molar-refractivity contribution >= 4 is 32.3 Å². The monoisotopic (exact) mass is 407 g/mol. The van der Waals surface area contributed by atoms with Crippen molar-refractivity contribution in [2.24, 2.45) is 5.92 Å². The Morgan fingerprint density at radius 3 is 3.00 bits per heavy atom. The molecule has 3 aromatic heterocycles. The van der Waals surface area contributed by atoms with Gasteiger partial charge in [0.1, 0.15) is 11.4 Å². The Balaban J connectivity index is 1.48. The molecule has 1 fully saturated rings. The van der Waals surface area contributed by atoms with E-state index in [0.717, 1.165) is 41.7 Å². The fourth-order valence-corrected chi connectivity index (χ4v) is 4.45. The molecule has 1 aromatic carbocycles. The van der Waals surface area contributed by atoms with Gasteiger partial charge in [-0.15, -0.1) is 11.3 Å². The van der Waals surface area contributed by atoms with Crippen LogP contribution in [0.4, 0.5) is 0 Å². The number of hydrogen-bond acceptors (Lipinski definition) is 6. The van der Waals surface area contributed by atoms with Gasteiger partial charge in [0.05, 0.1) is 22.2 Å². The highest BCUT2D eigenvalue weighted by Gasteiger charge is 2.16. The summed E-state index contributed by atoms with van der Waals surface area (Å²) < 4.78 is 12.5. The molecule has 0 atom stereocenters. The van der Waals surface area contributed by atoms with Crippen LogP contribution >= 0.6 is 11.3 Å². The standard InChI is InChI=1S/C22H21N3O3S/c1-13-8-16(28-12-14-2-5-27-6-3-14)10-17-20(13)24-21(25-22(17)26)18-9-15-4-7-29-19(15)11-23-18/h4,7-11,14H,2-3,5-6,12H2,1H3,(H,24,25,26). The number of benzene rings is 1. The lowest BCUT2D eigenvalue weighted by Crippen LogP contribution is -2.21. The van der Waals surface area contributed by atoms with E-state index >= 15 is 0 Å². The zero-order valence-corrected chi connectivity index (χ0v) is 16.9. The van der Waals surface area contributed by atoms with Crippen molar-refractivity contribution in [2.75, 3.05) is 19.8 Å². The number of aromatic amines is 1. The van der Waals surface area contributed by atoms with Gasteiger partial charge in [0.2, 0.25) is 0 Å². The summed E-state index contributed by atoms with van der Waals surface area (Å²) in [6.45, 7) is 4.18. The molecule has 29 heavy (non-hydrogen) atoms. The summed E-state index contributed by atoms with van der Waals surface area (Å²) in [5.41, 5.74) is 2.06. The summed E-state index contributed by atoms with van der Waals surface area (Å²) in [5, 5.41) is 3.65. The molecule has 0 radical (unpaired) electrons. The Morgan fingerprint density at radius 2 is 2.14 bits per heavy atom. The number of aromatic nitrogens is 3. The number of H-pyrrole nitrogens is 1. The second-order valence-electron chi connectivity index (χ2n) is 7.45.